The van der Waals surface area contributed by atoms with Crippen molar-refractivity contribution in [1.29, 1.82) is 0 Å². The number of nitrogens with two attached hydrogens (primary N) is 1. The second-order valence-electron chi connectivity index (χ2n) is 6.56. The number of para-hydroxylation sites is 1. The van der Waals surface area contributed by atoms with Crippen LogP contribution in [-0.4, -0.2) is 33.1 Å². The number of amides is 1. The summed E-state index contributed by atoms with van der Waals surface area (Å²) in [5.41, 5.74) is 8.72. The van der Waals surface area contributed by atoms with Gasteiger partial charge in [-0.2, -0.15) is 0 Å². The molecule has 3 N–H and O–H groups in total. The largest absolute Gasteiger partial charge is 0.491 e. The number of nitrogen functional groups attached to an aromatic ring is 1. The number of carbonyl (C=O) groups is 1. The Balaban J connectivity index is 1.66. The van der Waals surface area contributed by atoms with Crippen molar-refractivity contribution in [3.05, 3.63) is 47.7 Å². The lowest BCUT2D eigenvalue weighted by Crippen LogP contribution is -2.26. The number of nitrogens with zero attached hydrogens (tertiary/aromatic N) is 3. The maximum atomic E-state index is 12.5. The number of hydrogen-bond acceptors (Lipinski definition) is 5. The molecule has 0 atom stereocenters. The van der Waals surface area contributed by atoms with Crippen LogP contribution in [0.5, 0.6) is 5.75 Å². The zero-order valence-electron chi connectivity index (χ0n) is 15.9. The number of fused-ring (bicyclic) bond motifs is 1. The van der Waals surface area contributed by atoms with E-state index >= 15 is 0 Å². The van der Waals surface area contributed by atoms with Crippen molar-refractivity contribution in [2.45, 2.75) is 39.8 Å². The van der Waals surface area contributed by atoms with E-state index < -0.39 is 0 Å². The maximum Gasteiger partial charge on any atom is 0.252 e. The van der Waals surface area contributed by atoms with Crippen LogP contribution in [0.15, 0.2) is 36.5 Å². The predicted octanol–water partition coefficient (Wildman–Crippen LogP) is 2.79. The molecule has 0 radical (unpaired) electrons. The summed E-state index contributed by atoms with van der Waals surface area (Å²) in [5.74, 6) is 1.07. The lowest BCUT2D eigenvalue weighted by atomic mass is 10.1. The van der Waals surface area contributed by atoms with Crippen LogP contribution in [0.3, 0.4) is 0 Å². The van der Waals surface area contributed by atoms with E-state index in [4.69, 9.17) is 10.5 Å². The predicted molar refractivity (Wildman–Crippen MR) is 106 cm³/mol. The highest BCUT2D eigenvalue weighted by Crippen LogP contribution is 2.20. The molecular formula is C20H25N5O2. The van der Waals surface area contributed by atoms with Crippen LogP contribution in [0.4, 0.5) is 5.95 Å². The number of pyridine rings is 1. The van der Waals surface area contributed by atoms with Gasteiger partial charge in [0.25, 0.3) is 5.91 Å². The molecule has 0 saturated heterocycles. The summed E-state index contributed by atoms with van der Waals surface area (Å²) in [5, 5.41) is 2.93. The average molecular weight is 367 g/mol. The average Bonchev–Trinajstić information content (AvgIpc) is 2.96. The Morgan fingerprint density at radius 2 is 2.11 bits per heavy atom. The third kappa shape index (κ3) is 4.19. The molecule has 0 aliphatic carbocycles. The topological polar surface area (TPSA) is 95.1 Å². The molecule has 0 spiro atoms. The summed E-state index contributed by atoms with van der Waals surface area (Å²) < 4.78 is 7.62. The summed E-state index contributed by atoms with van der Waals surface area (Å²) in [6.45, 7) is 7.14. The summed E-state index contributed by atoms with van der Waals surface area (Å²) in [6, 6.07) is 9.59. The Morgan fingerprint density at radius 3 is 2.85 bits per heavy atom. The van der Waals surface area contributed by atoms with E-state index in [2.05, 4.69) is 15.3 Å². The van der Waals surface area contributed by atoms with E-state index in [9.17, 15) is 4.79 Å². The Bertz CT molecular complexity index is 949. The van der Waals surface area contributed by atoms with Gasteiger partial charge in [-0.1, -0.05) is 18.2 Å². The molecule has 2 heterocycles. The van der Waals surface area contributed by atoms with Gasteiger partial charge < -0.3 is 15.8 Å². The first-order valence-corrected chi connectivity index (χ1v) is 9.14. The van der Waals surface area contributed by atoms with Gasteiger partial charge in [-0.25, -0.2) is 9.97 Å². The minimum absolute atomic E-state index is 0.105. The number of benzene rings is 1. The molecule has 2 aromatic heterocycles. The van der Waals surface area contributed by atoms with Crippen molar-refractivity contribution in [1.82, 2.24) is 19.9 Å². The van der Waals surface area contributed by atoms with Crippen molar-refractivity contribution in [2.75, 3.05) is 12.3 Å². The van der Waals surface area contributed by atoms with Crippen molar-refractivity contribution < 1.29 is 9.53 Å². The second kappa shape index (κ2) is 8.07. The third-order valence-corrected chi connectivity index (χ3v) is 4.21. The van der Waals surface area contributed by atoms with Crippen molar-refractivity contribution in [2.24, 2.45) is 0 Å². The second-order valence-corrected chi connectivity index (χ2v) is 6.56. The highest BCUT2D eigenvalue weighted by atomic mass is 16.5. The van der Waals surface area contributed by atoms with Gasteiger partial charge in [-0.3, -0.25) is 9.36 Å². The van der Waals surface area contributed by atoms with E-state index in [1.807, 2.05) is 49.6 Å². The molecule has 0 aliphatic rings. The molecule has 0 bridgehead atoms. The minimum Gasteiger partial charge on any atom is -0.491 e. The van der Waals surface area contributed by atoms with E-state index in [-0.39, 0.29) is 12.0 Å². The Labute approximate surface area is 158 Å². The smallest absolute Gasteiger partial charge is 0.252 e. The number of anilines is 1. The summed E-state index contributed by atoms with van der Waals surface area (Å²) in [7, 11) is 0. The van der Waals surface area contributed by atoms with Crippen LogP contribution < -0.4 is 15.8 Å². The van der Waals surface area contributed by atoms with Gasteiger partial charge in [0.15, 0.2) is 5.65 Å². The van der Waals surface area contributed by atoms with E-state index in [0.717, 1.165) is 11.3 Å². The SMILES string of the molecule is CCn1c(N)nc2cc(C(=O)NCCc3ccccc3OC(C)C)cnc21. The van der Waals surface area contributed by atoms with Crippen molar-refractivity contribution in [3.8, 4) is 5.75 Å². The fraction of sp³-hybridized carbons (Fsp3) is 0.350. The van der Waals surface area contributed by atoms with E-state index in [0.29, 0.717) is 42.2 Å². The molecule has 0 aliphatic heterocycles. The molecule has 1 amide bonds. The first-order valence-electron chi connectivity index (χ1n) is 9.14. The van der Waals surface area contributed by atoms with Gasteiger partial charge in [0.1, 0.15) is 11.3 Å². The molecule has 3 rings (SSSR count). The normalized spacial score (nSPS) is 11.1. The quantitative estimate of drug-likeness (QED) is 0.669. The molecule has 7 heteroatoms. The van der Waals surface area contributed by atoms with Crippen LogP contribution in [0.25, 0.3) is 11.2 Å². The molecule has 7 nitrogen and oxygen atoms in total. The lowest BCUT2D eigenvalue weighted by Gasteiger charge is -2.14. The van der Waals surface area contributed by atoms with Gasteiger partial charge in [0, 0.05) is 19.3 Å². The van der Waals surface area contributed by atoms with Crippen LogP contribution in [-0.2, 0) is 13.0 Å². The monoisotopic (exact) mass is 367 g/mol. The number of hydrogen-bond donors (Lipinski definition) is 2. The number of ether oxygens (including phenoxy) is 1. The molecular weight excluding hydrogens is 342 g/mol. The van der Waals surface area contributed by atoms with Gasteiger partial charge in [-0.05, 0) is 44.9 Å². The summed E-state index contributed by atoms with van der Waals surface area (Å²) in [6.07, 6.45) is 2.34. The summed E-state index contributed by atoms with van der Waals surface area (Å²) in [4.78, 5) is 21.1. The highest BCUT2D eigenvalue weighted by molar-refractivity contribution is 5.96. The zero-order chi connectivity index (χ0) is 19.4. The van der Waals surface area contributed by atoms with Crippen molar-refractivity contribution in [3.63, 3.8) is 0 Å². The minimum atomic E-state index is -0.184. The fourth-order valence-corrected chi connectivity index (χ4v) is 2.96. The molecule has 0 unspecified atom stereocenters. The molecule has 0 fully saturated rings. The van der Waals surface area contributed by atoms with Crippen LogP contribution in [0, 0.1) is 0 Å². The van der Waals surface area contributed by atoms with Gasteiger partial charge >= 0.3 is 0 Å². The summed E-state index contributed by atoms with van der Waals surface area (Å²) >= 11 is 0. The maximum absolute atomic E-state index is 12.5. The van der Waals surface area contributed by atoms with Crippen LogP contribution >= 0.6 is 0 Å². The number of nitrogens with one attached hydrogen (secondary N) is 1. The first kappa shape index (κ1) is 18.7. The van der Waals surface area contributed by atoms with Gasteiger partial charge in [0.2, 0.25) is 5.95 Å². The van der Waals surface area contributed by atoms with Gasteiger partial charge in [0.05, 0.1) is 11.7 Å². The number of rotatable bonds is 7. The highest BCUT2D eigenvalue weighted by Gasteiger charge is 2.13. The van der Waals surface area contributed by atoms with Crippen LogP contribution in [0.1, 0.15) is 36.7 Å². The van der Waals surface area contributed by atoms with Gasteiger partial charge in [-0.15, -0.1) is 0 Å². The number of imidazole rings is 1. The zero-order valence-corrected chi connectivity index (χ0v) is 15.9. The first-order chi connectivity index (χ1) is 13.0. The number of carbonyl (C=O) groups excluding carboxylic acids is 1. The Kier molecular flexibility index (Phi) is 5.59. The Hall–Kier alpha value is -3.09. The molecule has 1 aromatic carbocycles. The molecule has 27 heavy (non-hydrogen) atoms. The molecule has 142 valence electrons. The molecule has 3 aromatic rings. The third-order valence-electron chi connectivity index (χ3n) is 4.21. The van der Waals surface area contributed by atoms with Crippen LogP contribution in [0.2, 0.25) is 0 Å². The molecule has 0 saturated carbocycles. The fourth-order valence-electron chi connectivity index (χ4n) is 2.96. The lowest BCUT2D eigenvalue weighted by molar-refractivity contribution is 0.0953. The number of aromatic nitrogens is 3. The standard InChI is InChI=1S/C20H25N5O2/c1-4-25-18-16(24-20(25)21)11-15(12-23-18)19(26)22-10-9-14-7-5-6-8-17(14)27-13(2)3/h5-8,11-13H,4,9-10H2,1-3H3,(H2,21,24)(H,22,26). The number of aryl methyl sites for hydroxylation is 1. The van der Waals surface area contributed by atoms with Crippen molar-refractivity contribution >= 4 is 23.0 Å². The Morgan fingerprint density at radius 1 is 1.33 bits per heavy atom. The van der Waals surface area contributed by atoms with E-state index in [1.165, 1.54) is 0 Å². The van der Waals surface area contributed by atoms with E-state index in [1.54, 1.807) is 12.3 Å².